The Balaban J connectivity index is 1.66. The molecule has 0 bridgehead atoms. The van der Waals surface area contributed by atoms with Crippen molar-refractivity contribution in [3.8, 4) is 17.4 Å². The van der Waals surface area contributed by atoms with Crippen LogP contribution >= 0.6 is 11.8 Å². The number of anilines is 1. The summed E-state index contributed by atoms with van der Waals surface area (Å²) in [4.78, 5) is 22.2. The van der Waals surface area contributed by atoms with Crippen LogP contribution in [0.15, 0.2) is 58.1 Å². The molecule has 0 aliphatic rings. The number of nitrogens with one attached hydrogen (secondary N) is 1. The standard InChI is InChI=1S/C17H14N4O6S/c1-26-14-8-6-12(7-9-14)20-16(17(23)27-19-20)28-10-15(22)18-11-2-4-13(5-3-11)21(24)25/h2-9H,10H2,1H3,(H-,18,19,22,23). The van der Waals surface area contributed by atoms with Gasteiger partial charge in [-0.3, -0.25) is 14.9 Å². The predicted octanol–water partition coefficient (Wildman–Crippen LogP) is 1.67. The molecule has 10 nitrogen and oxygen atoms in total. The largest absolute Gasteiger partial charge is 0.538 e. The molecule has 0 atom stereocenters. The van der Waals surface area contributed by atoms with E-state index >= 15 is 0 Å². The van der Waals surface area contributed by atoms with Crippen molar-refractivity contribution in [3.63, 3.8) is 0 Å². The molecule has 1 amide bonds. The van der Waals surface area contributed by atoms with E-state index in [1.807, 2.05) is 0 Å². The first kappa shape index (κ1) is 19.2. The van der Waals surface area contributed by atoms with Gasteiger partial charge in [-0.15, -0.1) is 0 Å². The zero-order valence-electron chi connectivity index (χ0n) is 14.5. The van der Waals surface area contributed by atoms with Gasteiger partial charge >= 0.3 is 0 Å². The van der Waals surface area contributed by atoms with Gasteiger partial charge in [0, 0.05) is 30.0 Å². The summed E-state index contributed by atoms with van der Waals surface area (Å²) in [5.41, 5.74) is 0.908. The van der Waals surface area contributed by atoms with E-state index in [0.29, 0.717) is 17.1 Å². The maximum Gasteiger partial charge on any atom is 0.298 e. The summed E-state index contributed by atoms with van der Waals surface area (Å²) in [5.74, 6) is -0.486. The zero-order chi connectivity index (χ0) is 20.1. The molecule has 3 rings (SSSR count). The second-order valence-electron chi connectivity index (χ2n) is 5.42. The summed E-state index contributed by atoms with van der Waals surface area (Å²) < 4.78 is 11.1. The number of nitro benzene ring substituents is 1. The number of methoxy groups -OCH3 is 1. The summed E-state index contributed by atoms with van der Waals surface area (Å²) in [6.45, 7) is 0. The summed E-state index contributed by atoms with van der Waals surface area (Å²) in [5, 5.41) is 29.0. The highest BCUT2D eigenvalue weighted by molar-refractivity contribution is 7.99. The minimum absolute atomic E-state index is 0.0756. The van der Waals surface area contributed by atoms with Crippen molar-refractivity contribution in [2.75, 3.05) is 18.2 Å². The number of hydrogen-bond donors (Lipinski definition) is 1. The molecular formula is C17H14N4O6S. The molecule has 1 N–H and O–H groups in total. The number of non-ortho nitro benzene ring substituents is 1. The maximum absolute atomic E-state index is 12.1. The van der Waals surface area contributed by atoms with Crippen molar-refractivity contribution in [2.24, 2.45) is 0 Å². The Morgan fingerprint density at radius 3 is 2.54 bits per heavy atom. The molecule has 0 radical (unpaired) electrons. The van der Waals surface area contributed by atoms with Crippen LogP contribution in [0, 0.1) is 10.1 Å². The van der Waals surface area contributed by atoms with Gasteiger partial charge in [0.25, 0.3) is 10.7 Å². The fourth-order valence-electron chi connectivity index (χ4n) is 2.25. The third-order valence-electron chi connectivity index (χ3n) is 3.59. The number of carbonyl (C=O) groups excluding carboxylic acids is 1. The van der Waals surface area contributed by atoms with Crippen LogP contribution in [-0.2, 0) is 4.79 Å². The molecule has 0 unspecified atom stereocenters. The van der Waals surface area contributed by atoms with Crippen molar-refractivity contribution in [1.82, 2.24) is 5.27 Å². The van der Waals surface area contributed by atoms with Crippen LogP contribution in [0.3, 0.4) is 0 Å². The van der Waals surface area contributed by atoms with Crippen LogP contribution in [0.5, 0.6) is 11.7 Å². The van der Waals surface area contributed by atoms with Gasteiger partial charge in [-0.05, 0) is 40.7 Å². The first-order valence-electron chi connectivity index (χ1n) is 7.88. The van der Waals surface area contributed by atoms with Crippen LogP contribution < -0.4 is 19.8 Å². The normalized spacial score (nSPS) is 10.5. The molecule has 0 aliphatic heterocycles. The van der Waals surface area contributed by atoms with Gasteiger partial charge in [0.2, 0.25) is 11.6 Å². The third kappa shape index (κ3) is 4.38. The topological polar surface area (TPSA) is 134 Å². The Morgan fingerprint density at radius 2 is 1.93 bits per heavy atom. The van der Waals surface area contributed by atoms with Gasteiger partial charge in [0.1, 0.15) is 5.75 Å². The zero-order valence-corrected chi connectivity index (χ0v) is 15.3. The molecule has 0 fully saturated rings. The minimum Gasteiger partial charge on any atom is -0.538 e. The third-order valence-corrected chi connectivity index (χ3v) is 4.61. The van der Waals surface area contributed by atoms with Crippen LogP contribution in [0.2, 0.25) is 0 Å². The molecule has 1 heterocycles. The molecule has 0 aliphatic carbocycles. The Kier molecular flexibility index (Phi) is 5.75. The van der Waals surface area contributed by atoms with Crippen molar-refractivity contribution in [3.05, 3.63) is 58.6 Å². The number of ether oxygens (including phenoxy) is 1. The number of nitrogens with zero attached hydrogens (tertiary/aromatic N) is 3. The lowest BCUT2D eigenvalue weighted by molar-refractivity contribution is -0.705. The molecule has 1 aromatic heterocycles. The first-order chi connectivity index (χ1) is 13.5. The molecule has 0 saturated heterocycles. The predicted molar refractivity (Wildman–Crippen MR) is 96.5 cm³/mol. The Labute approximate surface area is 162 Å². The quantitative estimate of drug-likeness (QED) is 0.273. The van der Waals surface area contributed by atoms with E-state index in [2.05, 4.69) is 10.6 Å². The summed E-state index contributed by atoms with van der Waals surface area (Å²) in [7, 11) is 1.54. The molecule has 0 spiro atoms. The lowest BCUT2D eigenvalue weighted by Crippen LogP contribution is -2.35. The highest BCUT2D eigenvalue weighted by Gasteiger charge is 2.22. The molecule has 3 aromatic rings. The molecule has 2 aromatic carbocycles. The van der Waals surface area contributed by atoms with Gasteiger partial charge in [0.05, 0.1) is 23.1 Å². The number of carbonyl (C=O) groups is 1. The summed E-state index contributed by atoms with van der Waals surface area (Å²) in [6.07, 6.45) is 0. The number of rotatable bonds is 7. The fraction of sp³-hybridized carbons (Fsp3) is 0.118. The molecular weight excluding hydrogens is 388 g/mol. The lowest BCUT2D eigenvalue weighted by atomic mass is 10.3. The molecule has 11 heteroatoms. The van der Waals surface area contributed by atoms with E-state index in [1.54, 1.807) is 31.4 Å². The monoisotopic (exact) mass is 402 g/mol. The van der Waals surface area contributed by atoms with E-state index in [-0.39, 0.29) is 22.4 Å². The van der Waals surface area contributed by atoms with Gasteiger partial charge in [-0.2, -0.15) is 0 Å². The molecule has 0 saturated carbocycles. The second-order valence-corrected chi connectivity index (χ2v) is 6.38. The molecule has 144 valence electrons. The lowest BCUT2D eigenvalue weighted by Gasteiger charge is -2.04. The van der Waals surface area contributed by atoms with Gasteiger partial charge in [0.15, 0.2) is 5.95 Å². The number of nitro groups is 1. The van der Waals surface area contributed by atoms with Crippen molar-refractivity contribution < 1.29 is 28.8 Å². The number of thioether (sulfide) groups is 1. The fourth-order valence-corrected chi connectivity index (χ4v) is 3.00. The van der Waals surface area contributed by atoms with E-state index in [9.17, 15) is 20.0 Å². The SMILES string of the molecule is COc1ccc(-[n+]2noc([O-])c2SCC(=O)Nc2ccc([N+](=O)[O-])cc2)cc1. The van der Waals surface area contributed by atoms with Crippen molar-refractivity contribution in [2.45, 2.75) is 5.03 Å². The van der Waals surface area contributed by atoms with E-state index in [4.69, 9.17) is 9.26 Å². The Morgan fingerprint density at radius 1 is 1.25 bits per heavy atom. The second kappa shape index (κ2) is 8.39. The van der Waals surface area contributed by atoms with Crippen LogP contribution in [0.1, 0.15) is 0 Å². The van der Waals surface area contributed by atoms with E-state index < -0.39 is 10.9 Å². The highest BCUT2D eigenvalue weighted by atomic mass is 32.2. The molecule has 28 heavy (non-hydrogen) atoms. The van der Waals surface area contributed by atoms with Gasteiger partial charge in [-0.25, -0.2) is 0 Å². The number of hydrogen-bond acceptors (Lipinski definition) is 8. The van der Waals surface area contributed by atoms with E-state index in [1.165, 1.54) is 28.9 Å². The minimum atomic E-state index is -0.663. The average Bonchev–Trinajstić information content (AvgIpc) is 3.07. The average molecular weight is 402 g/mol. The summed E-state index contributed by atoms with van der Waals surface area (Å²) >= 11 is 0.963. The maximum atomic E-state index is 12.1. The smallest absolute Gasteiger partial charge is 0.298 e. The van der Waals surface area contributed by atoms with Crippen LogP contribution in [0.4, 0.5) is 11.4 Å². The van der Waals surface area contributed by atoms with Crippen molar-refractivity contribution >= 4 is 29.0 Å². The number of amides is 1. The number of benzene rings is 2. The van der Waals surface area contributed by atoms with Gasteiger partial charge < -0.3 is 19.7 Å². The number of aromatic nitrogens is 2. The Bertz CT molecular complexity index is 988. The Hall–Kier alpha value is -3.60. The van der Waals surface area contributed by atoms with Crippen LogP contribution in [0.25, 0.3) is 5.69 Å². The van der Waals surface area contributed by atoms with E-state index in [0.717, 1.165) is 11.8 Å². The summed E-state index contributed by atoms with van der Waals surface area (Å²) in [6, 6.07) is 12.2. The first-order valence-corrected chi connectivity index (χ1v) is 8.87. The highest BCUT2D eigenvalue weighted by Crippen LogP contribution is 2.24. The van der Waals surface area contributed by atoms with Gasteiger partial charge in [-0.1, -0.05) is 0 Å². The van der Waals surface area contributed by atoms with Crippen molar-refractivity contribution in [1.29, 1.82) is 0 Å². The van der Waals surface area contributed by atoms with Crippen LogP contribution in [-0.4, -0.2) is 29.0 Å².